The molecule has 5 rings (SSSR count). The van der Waals surface area contributed by atoms with Crippen LogP contribution in [0.4, 0.5) is 14.8 Å². The number of hydrogen-bond donors (Lipinski definition) is 0. The normalized spacial score (nSPS) is 13.9. The number of hydrogen-bond acceptors (Lipinski definition) is 7. The molecule has 0 aliphatic carbocycles. The lowest BCUT2D eigenvalue weighted by Gasteiger charge is -2.22. The minimum absolute atomic E-state index is 0.0454. The molecule has 0 saturated carbocycles. The van der Waals surface area contributed by atoms with Crippen LogP contribution in [0.3, 0.4) is 0 Å². The van der Waals surface area contributed by atoms with Crippen LogP contribution in [0.2, 0.25) is 0 Å². The molecule has 1 amide bonds. The second-order valence-electron chi connectivity index (χ2n) is 7.57. The SMILES string of the molecule is O=C1COCCN1c1nc(-c2cccc(Cn3nc(-c4cc(F)cc(F)c4)ccc3=O)c2)no1. The zero-order valence-corrected chi connectivity index (χ0v) is 17.6. The third-order valence-electron chi connectivity index (χ3n) is 5.17. The van der Waals surface area contributed by atoms with Crippen molar-refractivity contribution >= 4 is 11.9 Å². The molecule has 2 aromatic heterocycles. The summed E-state index contributed by atoms with van der Waals surface area (Å²) in [6, 6.07) is 12.9. The van der Waals surface area contributed by atoms with E-state index in [9.17, 15) is 18.4 Å². The van der Waals surface area contributed by atoms with E-state index in [2.05, 4.69) is 15.2 Å². The number of aromatic nitrogens is 4. The zero-order chi connectivity index (χ0) is 23.7. The summed E-state index contributed by atoms with van der Waals surface area (Å²) in [5.74, 6) is -1.46. The smallest absolute Gasteiger partial charge is 0.331 e. The standard InChI is InChI=1S/C23H17F2N5O4/c24-17-9-16(10-18(25)11-17)19-4-5-20(31)30(27-19)12-14-2-1-3-15(8-14)22-26-23(34-28-22)29-6-7-33-13-21(29)32/h1-5,8-11H,6-7,12-13H2. The minimum Gasteiger partial charge on any atom is -0.370 e. The highest BCUT2D eigenvalue weighted by Crippen LogP contribution is 2.23. The van der Waals surface area contributed by atoms with Gasteiger partial charge in [0.1, 0.15) is 18.2 Å². The molecule has 4 aromatic rings. The average Bonchev–Trinajstić information content (AvgIpc) is 3.30. The summed E-state index contributed by atoms with van der Waals surface area (Å²) in [5.41, 5.74) is 1.43. The fraction of sp³-hybridized carbons (Fsp3) is 0.174. The van der Waals surface area contributed by atoms with Gasteiger partial charge in [0.05, 0.1) is 25.4 Å². The van der Waals surface area contributed by atoms with E-state index in [0.717, 1.165) is 18.2 Å². The Hall–Kier alpha value is -4.25. The van der Waals surface area contributed by atoms with Gasteiger partial charge in [0, 0.05) is 23.3 Å². The van der Waals surface area contributed by atoms with Crippen molar-refractivity contribution in [3.05, 3.63) is 82.1 Å². The maximum absolute atomic E-state index is 13.6. The van der Waals surface area contributed by atoms with Crippen LogP contribution in [0.5, 0.6) is 0 Å². The molecule has 0 radical (unpaired) electrons. The predicted molar refractivity (Wildman–Crippen MR) is 116 cm³/mol. The maximum Gasteiger partial charge on any atom is 0.331 e. The highest BCUT2D eigenvalue weighted by Gasteiger charge is 2.25. The Balaban J connectivity index is 1.41. The van der Waals surface area contributed by atoms with Crippen LogP contribution in [-0.4, -0.2) is 45.6 Å². The van der Waals surface area contributed by atoms with Crippen LogP contribution in [0.25, 0.3) is 22.6 Å². The number of ether oxygens (including phenoxy) is 1. The van der Waals surface area contributed by atoms with Crippen molar-refractivity contribution in [2.45, 2.75) is 6.54 Å². The van der Waals surface area contributed by atoms with Gasteiger partial charge in [0.2, 0.25) is 5.82 Å². The van der Waals surface area contributed by atoms with E-state index in [1.54, 1.807) is 24.3 Å². The van der Waals surface area contributed by atoms with Crippen molar-refractivity contribution in [1.82, 2.24) is 19.9 Å². The van der Waals surface area contributed by atoms with Crippen molar-refractivity contribution in [3.63, 3.8) is 0 Å². The van der Waals surface area contributed by atoms with E-state index in [-0.39, 0.29) is 47.7 Å². The Morgan fingerprint density at radius 3 is 2.59 bits per heavy atom. The molecule has 172 valence electrons. The summed E-state index contributed by atoms with van der Waals surface area (Å²) in [4.78, 5) is 30.0. The van der Waals surface area contributed by atoms with Gasteiger partial charge in [-0.05, 0) is 29.8 Å². The molecule has 0 N–H and O–H groups in total. The first-order valence-electron chi connectivity index (χ1n) is 10.3. The first-order valence-corrected chi connectivity index (χ1v) is 10.3. The average molecular weight is 465 g/mol. The lowest BCUT2D eigenvalue weighted by atomic mass is 10.1. The number of carbonyl (C=O) groups excluding carboxylic acids is 1. The Labute approximate surface area is 191 Å². The third kappa shape index (κ3) is 4.46. The number of carbonyl (C=O) groups is 1. The minimum atomic E-state index is -0.736. The van der Waals surface area contributed by atoms with Gasteiger partial charge >= 0.3 is 6.01 Å². The monoisotopic (exact) mass is 465 g/mol. The van der Waals surface area contributed by atoms with E-state index in [1.807, 2.05) is 0 Å². The van der Waals surface area contributed by atoms with Crippen molar-refractivity contribution in [2.75, 3.05) is 24.7 Å². The van der Waals surface area contributed by atoms with Gasteiger partial charge in [0.15, 0.2) is 0 Å². The fourth-order valence-corrected chi connectivity index (χ4v) is 3.56. The van der Waals surface area contributed by atoms with Gasteiger partial charge < -0.3 is 9.26 Å². The van der Waals surface area contributed by atoms with E-state index >= 15 is 0 Å². The van der Waals surface area contributed by atoms with Crippen LogP contribution in [-0.2, 0) is 16.1 Å². The highest BCUT2D eigenvalue weighted by molar-refractivity contribution is 5.92. The molecule has 9 nitrogen and oxygen atoms in total. The zero-order valence-electron chi connectivity index (χ0n) is 17.6. The molecule has 0 atom stereocenters. The Morgan fingerprint density at radius 2 is 1.79 bits per heavy atom. The van der Waals surface area contributed by atoms with Crippen molar-refractivity contribution < 1.29 is 22.8 Å². The number of rotatable bonds is 5. The van der Waals surface area contributed by atoms with E-state index in [0.29, 0.717) is 24.3 Å². The largest absolute Gasteiger partial charge is 0.370 e. The lowest BCUT2D eigenvalue weighted by molar-refractivity contribution is -0.126. The number of nitrogens with zero attached hydrogens (tertiary/aromatic N) is 5. The topological polar surface area (TPSA) is 103 Å². The summed E-state index contributed by atoms with van der Waals surface area (Å²) in [5, 5.41) is 8.22. The second-order valence-corrected chi connectivity index (χ2v) is 7.57. The Kier molecular flexibility index (Phi) is 5.68. The molecule has 0 spiro atoms. The first-order chi connectivity index (χ1) is 16.5. The molecule has 1 fully saturated rings. The highest BCUT2D eigenvalue weighted by atomic mass is 19.1. The van der Waals surface area contributed by atoms with Crippen LogP contribution in [0.15, 0.2) is 63.9 Å². The van der Waals surface area contributed by atoms with Gasteiger partial charge in [-0.3, -0.25) is 14.5 Å². The number of halogens is 2. The number of amides is 1. The molecule has 3 heterocycles. The maximum atomic E-state index is 13.6. The van der Waals surface area contributed by atoms with Gasteiger partial charge in [-0.25, -0.2) is 13.5 Å². The van der Waals surface area contributed by atoms with Gasteiger partial charge in [0.25, 0.3) is 11.5 Å². The molecule has 1 aliphatic rings. The Morgan fingerprint density at radius 1 is 0.971 bits per heavy atom. The molecule has 11 heteroatoms. The predicted octanol–water partition coefficient (Wildman–Crippen LogP) is 2.65. The molecule has 0 bridgehead atoms. The van der Waals surface area contributed by atoms with Crippen LogP contribution < -0.4 is 10.5 Å². The Bertz CT molecular complexity index is 1410. The number of benzene rings is 2. The van der Waals surface area contributed by atoms with Gasteiger partial charge in [-0.2, -0.15) is 10.1 Å². The second kappa shape index (κ2) is 8.94. The molecule has 0 unspecified atom stereocenters. The quantitative estimate of drug-likeness (QED) is 0.446. The molecule has 1 aliphatic heterocycles. The number of morpholine rings is 1. The van der Waals surface area contributed by atoms with E-state index < -0.39 is 11.6 Å². The van der Waals surface area contributed by atoms with E-state index in [4.69, 9.17) is 9.26 Å². The summed E-state index contributed by atoms with van der Waals surface area (Å²) in [6.07, 6.45) is 0. The summed E-state index contributed by atoms with van der Waals surface area (Å²) in [6.45, 7) is 0.754. The van der Waals surface area contributed by atoms with Crippen LogP contribution >= 0.6 is 0 Å². The molecular formula is C23H17F2N5O4. The van der Waals surface area contributed by atoms with E-state index in [1.165, 1.54) is 21.7 Å². The molecule has 2 aromatic carbocycles. The van der Waals surface area contributed by atoms with Gasteiger partial charge in [-0.1, -0.05) is 23.4 Å². The van der Waals surface area contributed by atoms with Crippen LogP contribution in [0, 0.1) is 11.6 Å². The summed E-state index contributed by atoms with van der Waals surface area (Å²) in [7, 11) is 0. The first kappa shape index (κ1) is 21.6. The lowest BCUT2D eigenvalue weighted by Crippen LogP contribution is -2.41. The number of anilines is 1. The van der Waals surface area contributed by atoms with Crippen molar-refractivity contribution in [1.29, 1.82) is 0 Å². The summed E-state index contributed by atoms with van der Waals surface area (Å²) < 4.78 is 38.8. The molecule has 34 heavy (non-hydrogen) atoms. The van der Waals surface area contributed by atoms with Gasteiger partial charge in [-0.15, -0.1) is 0 Å². The molecular weight excluding hydrogens is 448 g/mol. The third-order valence-corrected chi connectivity index (χ3v) is 5.17. The van der Waals surface area contributed by atoms with Crippen molar-refractivity contribution in [3.8, 4) is 22.6 Å². The fourth-order valence-electron chi connectivity index (χ4n) is 3.56. The van der Waals surface area contributed by atoms with Crippen LogP contribution in [0.1, 0.15) is 5.56 Å². The summed E-state index contributed by atoms with van der Waals surface area (Å²) >= 11 is 0. The molecule has 1 saturated heterocycles. The van der Waals surface area contributed by atoms with Crippen molar-refractivity contribution in [2.24, 2.45) is 0 Å².